The van der Waals surface area contributed by atoms with Crippen molar-refractivity contribution in [3.63, 3.8) is 0 Å². The van der Waals surface area contributed by atoms with Crippen molar-refractivity contribution in [3.05, 3.63) is 62.1 Å². The first-order valence-electron chi connectivity index (χ1n) is 6.22. The number of anilines is 1. The Kier molecular flexibility index (Phi) is 4.51. The highest BCUT2D eigenvalue weighted by Gasteiger charge is 2.11. The van der Waals surface area contributed by atoms with Crippen LogP contribution in [-0.2, 0) is 0 Å². The van der Waals surface area contributed by atoms with Crippen molar-refractivity contribution in [2.45, 2.75) is 20.8 Å². The Hall–Kier alpha value is -1.32. The van der Waals surface area contributed by atoms with Crippen molar-refractivity contribution in [2.24, 2.45) is 0 Å². The fourth-order valence-corrected chi connectivity index (χ4v) is 2.76. The zero-order valence-electron chi connectivity index (χ0n) is 11.6. The number of halogens is 2. The second-order valence-corrected chi connectivity index (χ2v) is 6.17. The molecule has 0 aliphatic heterocycles. The van der Waals surface area contributed by atoms with E-state index in [2.05, 4.69) is 21.2 Å². The number of carbonyl (C=O) groups excluding carboxylic acids is 1. The molecule has 0 atom stereocenters. The third kappa shape index (κ3) is 3.41. The molecule has 20 heavy (non-hydrogen) atoms. The van der Waals surface area contributed by atoms with E-state index in [1.54, 1.807) is 6.07 Å². The summed E-state index contributed by atoms with van der Waals surface area (Å²) in [5, 5.41) is 3.51. The van der Waals surface area contributed by atoms with Gasteiger partial charge in [0.25, 0.3) is 5.91 Å². The average molecular weight is 353 g/mol. The Labute approximate surface area is 132 Å². The van der Waals surface area contributed by atoms with Crippen molar-refractivity contribution < 1.29 is 4.79 Å². The maximum atomic E-state index is 12.3. The van der Waals surface area contributed by atoms with Gasteiger partial charge in [0.15, 0.2) is 0 Å². The van der Waals surface area contributed by atoms with Crippen LogP contribution in [0.4, 0.5) is 5.69 Å². The molecule has 2 aromatic rings. The van der Waals surface area contributed by atoms with Gasteiger partial charge in [0, 0.05) is 15.1 Å². The predicted molar refractivity (Wildman–Crippen MR) is 87.8 cm³/mol. The zero-order chi connectivity index (χ0) is 14.9. The SMILES string of the molecule is Cc1cc(C)cc(C(=O)Nc2cc(Cl)c(C)cc2Br)c1. The second kappa shape index (κ2) is 5.98. The number of hydrogen-bond acceptors (Lipinski definition) is 1. The molecule has 4 heteroatoms. The smallest absolute Gasteiger partial charge is 0.255 e. The molecule has 2 aromatic carbocycles. The molecule has 0 aromatic heterocycles. The lowest BCUT2D eigenvalue weighted by molar-refractivity contribution is 0.102. The molecule has 104 valence electrons. The molecule has 0 aliphatic carbocycles. The van der Waals surface area contributed by atoms with Gasteiger partial charge in [-0.05, 0) is 66.5 Å². The summed E-state index contributed by atoms with van der Waals surface area (Å²) in [5.41, 5.74) is 4.41. The first-order chi connectivity index (χ1) is 9.36. The monoisotopic (exact) mass is 351 g/mol. The van der Waals surface area contributed by atoms with Gasteiger partial charge < -0.3 is 5.32 Å². The summed E-state index contributed by atoms with van der Waals surface area (Å²) in [6, 6.07) is 9.41. The van der Waals surface area contributed by atoms with Gasteiger partial charge in [-0.25, -0.2) is 0 Å². The van der Waals surface area contributed by atoms with Crippen LogP contribution >= 0.6 is 27.5 Å². The Bertz CT molecular complexity index is 662. The van der Waals surface area contributed by atoms with Gasteiger partial charge in [-0.1, -0.05) is 28.8 Å². The summed E-state index contributed by atoms with van der Waals surface area (Å²) in [6.45, 7) is 5.87. The summed E-state index contributed by atoms with van der Waals surface area (Å²) in [5.74, 6) is -0.141. The van der Waals surface area contributed by atoms with Crippen LogP contribution in [0.15, 0.2) is 34.8 Å². The van der Waals surface area contributed by atoms with E-state index < -0.39 is 0 Å². The minimum absolute atomic E-state index is 0.141. The van der Waals surface area contributed by atoms with E-state index in [1.807, 2.05) is 45.0 Å². The highest BCUT2D eigenvalue weighted by molar-refractivity contribution is 9.10. The van der Waals surface area contributed by atoms with E-state index in [1.165, 1.54) is 0 Å². The number of nitrogens with one attached hydrogen (secondary N) is 1. The lowest BCUT2D eigenvalue weighted by Crippen LogP contribution is -2.12. The van der Waals surface area contributed by atoms with Gasteiger partial charge in [0.1, 0.15) is 0 Å². The van der Waals surface area contributed by atoms with E-state index in [9.17, 15) is 4.79 Å². The topological polar surface area (TPSA) is 29.1 Å². The number of aryl methyl sites for hydroxylation is 3. The Morgan fingerprint density at radius 1 is 1.05 bits per heavy atom. The summed E-state index contributed by atoms with van der Waals surface area (Å²) in [4.78, 5) is 12.3. The fourth-order valence-electron chi connectivity index (χ4n) is 2.04. The van der Waals surface area contributed by atoms with Crippen LogP contribution in [0, 0.1) is 20.8 Å². The van der Waals surface area contributed by atoms with Crippen LogP contribution in [-0.4, -0.2) is 5.91 Å². The van der Waals surface area contributed by atoms with Crippen molar-refractivity contribution >= 4 is 39.1 Å². The molecule has 0 saturated heterocycles. The normalized spacial score (nSPS) is 10.4. The van der Waals surface area contributed by atoms with Gasteiger partial charge >= 0.3 is 0 Å². The third-order valence-corrected chi connectivity index (χ3v) is 4.04. The molecule has 0 fully saturated rings. The average Bonchev–Trinajstić information content (AvgIpc) is 2.34. The second-order valence-electron chi connectivity index (χ2n) is 4.91. The first-order valence-corrected chi connectivity index (χ1v) is 7.39. The molecule has 1 N–H and O–H groups in total. The van der Waals surface area contributed by atoms with Crippen molar-refractivity contribution in [1.82, 2.24) is 0 Å². The fraction of sp³-hybridized carbons (Fsp3) is 0.188. The van der Waals surface area contributed by atoms with E-state index in [0.717, 1.165) is 21.2 Å². The van der Waals surface area contributed by atoms with Crippen LogP contribution in [0.25, 0.3) is 0 Å². The maximum absolute atomic E-state index is 12.3. The first kappa shape index (κ1) is 15.1. The molecule has 2 rings (SSSR count). The predicted octanol–water partition coefficient (Wildman–Crippen LogP) is 5.28. The molecule has 0 unspecified atom stereocenters. The Morgan fingerprint density at radius 2 is 1.65 bits per heavy atom. The Morgan fingerprint density at radius 3 is 2.25 bits per heavy atom. The van der Waals surface area contributed by atoms with Crippen LogP contribution in [0.3, 0.4) is 0 Å². The highest BCUT2D eigenvalue weighted by Crippen LogP contribution is 2.29. The summed E-state index contributed by atoms with van der Waals surface area (Å²) < 4.78 is 0.817. The van der Waals surface area contributed by atoms with Crippen molar-refractivity contribution in [2.75, 3.05) is 5.32 Å². The van der Waals surface area contributed by atoms with Gasteiger partial charge in [0.2, 0.25) is 0 Å². The molecule has 0 heterocycles. The summed E-state index contributed by atoms with van der Waals surface area (Å²) in [7, 11) is 0. The van der Waals surface area contributed by atoms with Gasteiger partial charge in [0.05, 0.1) is 5.69 Å². The maximum Gasteiger partial charge on any atom is 0.255 e. The van der Waals surface area contributed by atoms with E-state index in [4.69, 9.17) is 11.6 Å². The van der Waals surface area contributed by atoms with Crippen molar-refractivity contribution in [3.8, 4) is 0 Å². The largest absolute Gasteiger partial charge is 0.321 e. The van der Waals surface area contributed by atoms with Gasteiger partial charge in [-0.2, -0.15) is 0 Å². The molecule has 0 radical (unpaired) electrons. The standard InChI is InChI=1S/C16H15BrClNO/c1-9-4-10(2)6-12(5-9)16(20)19-15-8-14(18)11(3)7-13(15)17/h4-8H,1-3H3,(H,19,20). The molecular formula is C16H15BrClNO. The minimum atomic E-state index is -0.141. The highest BCUT2D eigenvalue weighted by atomic mass is 79.9. The molecular weight excluding hydrogens is 338 g/mol. The lowest BCUT2D eigenvalue weighted by atomic mass is 10.1. The molecule has 2 nitrogen and oxygen atoms in total. The van der Waals surface area contributed by atoms with E-state index in [-0.39, 0.29) is 5.91 Å². The van der Waals surface area contributed by atoms with Gasteiger partial charge in [-0.15, -0.1) is 0 Å². The number of rotatable bonds is 2. The number of amides is 1. The molecule has 0 bridgehead atoms. The molecule has 0 saturated carbocycles. The van der Waals surface area contributed by atoms with E-state index in [0.29, 0.717) is 16.3 Å². The van der Waals surface area contributed by atoms with E-state index >= 15 is 0 Å². The van der Waals surface area contributed by atoms with Crippen LogP contribution < -0.4 is 5.32 Å². The number of hydrogen-bond donors (Lipinski definition) is 1. The van der Waals surface area contributed by atoms with Gasteiger partial charge in [-0.3, -0.25) is 4.79 Å². The molecule has 0 aliphatic rings. The van der Waals surface area contributed by atoms with Crippen molar-refractivity contribution in [1.29, 1.82) is 0 Å². The zero-order valence-corrected chi connectivity index (χ0v) is 13.9. The third-order valence-electron chi connectivity index (χ3n) is 2.98. The van der Waals surface area contributed by atoms with Crippen LogP contribution in [0.1, 0.15) is 27.0 Å². The molecule has 1 amide bonds. The summed E-state index contributed by atoms with van der Waals surface area (Å²) >= 11 is 9.53. The Balaban J connectivity index is 2.30. The van der Waals surface area contributed by atoms with Crippen LogP contribution in [0.2, 0.25) is 5.02 Å². The minimum Gasteiger partial charge on any atom is -0.321 e. The lowest BCUT2D eigenvalue weighted by Gasteiger charge is -2.10. The number of benzene rings is 2. The number of carbonyl (C=O) groups is 1. The molecule has 0 spiro atoms. The quantitative estimate of drug-likeness (QED) is 0.782. The summed E-state index contributed by atoms with van der Waals surface area (Å²) in [6.07, 6.45) is 0. The van der Waals surface area contributed by atoms with Crippen LogP contribution in [0.5, 0.6) is 0 Å².